The minimum Gasteiger partial charge on any atom is -0.0654 e. The summed E-state index contributed by atoms with van der Waals surface area (Å²) in [6, 6.07) is 12.0. The molecule has 120 valence electrons. The second-order valence-electron chi connectivity index (χ2n) is 6.57. The minimum atomic E-state index is 1.11. The highest BCUT2D eigenvalue weighted by Gasteiger charge is 2.12. The Labute approximate surface area is 133 Å². The summed E-state index contributed by atoms with van der Waals surface area (Å²) >= 11 is 0. The van der Waals surface area contributed by atoms with Crippen LogP contribution in [0.1, 0.15) is 90.4 Å². The zero-order chi connectivity index (χ0) is 15.0. The number of hydrogen-bond donors (Lipinski definition) is 0. The van der Waals surface area contributed by atoms with Gasteiger partial charge in [0.1, 0.15) is 0 Å². The van der Waals surface area contributed by atoms with E-state index in [9.17, 15) is 0 Å². The lowest BCUT2D eigenvalue weighted by Gasteiger charge is -2.21. The van der Waals surface area contributed by atoms with E-state index in [1.165, 1.54) is 83.5 Å². The number of rotatable bonds is 8. The maximum absolute atomic E-state index is 2.29. The van der Waals surface area contributed by atoms with Crippen molar-refractivity contribution in [1.29, 1.82) is 0 Å². The van der Waals surface area contributed by atoms with E-state index in [2.05, 4.69) is 6.92 Å². The first-order chi connectivity index (χ1) is 10.4. The van der Waals surface area contributed by atoms with Crippen molar-refractivity contribution >= 4 is 0 Å². The number of benzene rings is 1. The topological polar surface area (TPSA) is 0 Å². The van der Waals surface area contributed by atoms with Gasteiger partial charge in [-0.15, -0.1) is 0 Å². The Morgan fingerprint density at radius 2 is 1.10 bits per heavy atom. The van der Waals surface area contributed by atoms with E-state index < -0.39 is 0 Å². The lowest BCUT2D eigenvalue weighted by Crippen LogP contribution is -2.05. The highest BCUT2D eigenvalue weighted by molar-refractivity contribution is 4.99. The summed E-state index contributed by atoms with van der Waals surface area (Å²) in [4.78, 5) is 0. The highest BCUT2D eigenvalue weighted by atomic mass is 14.2. The number of hydrogen-bond acceptors (Lipinski definition) is 0. The summed E-state index contributed by atoms with van der Waals surface area (Å²) in [7, 11) is 0. The summed E-state index contributed by atoms with van der Waals surface area (Å²) in [5.74, 6) is 1.11. The Balaban J connectivity index is 0.000000304. The van der Waals surface area contributed by atoms with Crippen LogP contribution in [0.3, 0.4) is 0 Å². The highest BCUT2D eigenvalue weighted by Crippen LogP contribution is 2.28. The second-order valence-corrected chi connectivity index (χ2v) is 6.57. The molecule has 0 aliphatic heterocycles. The van der Waals surface area contributed by atoms with Crippen molar-refractivity contribution in [2.45, 2.75) is 90.4 Å². The molecule has 0 amide bonds. The van der Waals surface area contributed by atoms with Crippen LogP contribution in [-0.4, -0.2) is 0 Å². The van der Waals surface area contributed by atoms with Crippen LogP contribution in [0.15, 0.2) is 36.4 Å². The van der Waals surface area contributed by atoms with Gasteiger partial charge in [0.05, 0.1) is 0 Å². The zero-order valence-electron chi connectivity index (χ0n) is 14.2. The Kier molecular flexibility index (Phi) is 12.3. The molecule has 0 N–H and O–H groups in total. The Hall–Kier alpha value is -0.780. The van der Waals surface area contributed by atoms with Crippen LogP contribution in [0.4, 0.5) is 0 Å². The molecule has 0 heteroatoms. The summed E-state index contributed by atoms with van der Waals surface area (Å²) in [6.45, 7) is 2.29. The second kappa shape index (κ2) is 14.2. The molecule has 0 saturated heterocycles. The Bertz CT molecular complexity index is 257. The van der Waals surface area contributed by atoms with Crippen LogP contribution in [0.5, 0.6) is 0 Å². The Morgan fingerprint density at radius 3 is 1.62 bits per heavy atom. The van der Waals surface area contributed by atoms with Crippen LogP contribution in [0.25, 0.3) is 0 Å². The fraction of sp³-hybridized carbons (Fsp3) is 0.714. The molecular weight excluding hydrogens is 252 g/mol. The third-order valence-corrected chi connectivity index (χ3v) is 4.61. The SMILES string of the molecule is CCCCCCCCCC1CCCCC1.c1ccccc1. The van der Waals surface area contributed by atoms with E-state index in [0.717, 1.165) is 5.92 Å². The maximum atomic E-state index is 2.29. The van der Waals surface area contributed by atoms with E-state index in [0.29, 0.717) is 0 Å². The molecule has 0 heterocycles. The molecule has 2 rings (SSSR count). The molecule has 1 aliphatic rings. The molecule has 1 aliphatic carbocycles. The first-order valence-corrected chi connectivity index (χ1v) is 9.43. The standard InChI is InChI=1S/C15H30.C6H6/c1-2-3-4-5-6-7-9-12-15-13-10-8-11-14-15;1-2-4-6-5-3-1/h15H,2-14H2,1H3;1-6H. The predicted octanol–water partition coefficient (Wildman–Crippen LogP) is 7.39. The zero-order valence-corrected chi connectivity index (χ0v) is 14.2. The van der Waals surface area contributed by atoms with Crippen LogP contribution >= 0.6 is 0 Å². The monoisotopic (exact) mass is 288 g/mol. The van der Waals surface area contributed by atoms with Gasteiger partial charge in [0.2, 0.25) is 0 Å². The Morgan fingerprint density at radius 1 is 0.619 bits per heavy atom. The third-order valence-electron chi connectivity index (χ3n) is 4.61. The van der Waals surface area contributed by atoms with Crippen molar-refractivity contribution in [3.8, 4) is 0 Å². The van der Waals surface area contributed by atoms with Crippen LogP contribution < -0.4 is 0 Å². The van der Waals surface area contributed by atoms with Gasteiger partial charge >= 0.3 is 0 Å². The van der Waals surface area contributed by atoms with Gasteiger partial charge in [-0.05, 0) is 5.92 Å². The summed E-state index contributed by atoms with van der Waals surface area (Å²) in [5, 5.41) is 0. The molecule has 1 aromatic rings. The molecule has 21 heavy (non-hydrogen) atoms. The molecular formula is C21H36. The minimum absolute atomic E-state index is 1.11. The van der Waals surface area contributed by atoms with Gasteiger partial charge in [0.25, 0.3) is 0 Å². The first-order valence-electron chi connectivity index (χ1n) is 9.43. The maximum Gasteiger partial charge on any atom is -0.0414 e. The van der Waals surface area contributed by atoms with Crippen molar-refractivity contribution < 1.29 is 0 Å². The van der Waals surface area contributed by atoms with Crippen LogP contribution in [-0.2, 0) is 0 Å². The smallest absolute Gasteiger partial charge is 0.0414 e. The molecule has 0 nitrogen and oxygen atoms in total. The summed E-state index contributed by atoms with van der Waals surface area (Å²) in [5.41, 5.74) is 0. The third kappa shape index (κ3) is 11.5. The molecule has 0 unspecified atom stereocenters. The van der Waals surface area contributed by atoms with Gasteiger partial charge in [-0.3, -0.25) is 0 Å². The van der Waals surface area contributed by atoms with Crippen molar-refractivity contribution in [3.05, 3.63) is 36.4 Å². The number of unbranched alkanes of at least 4 members (excludes halogenated alkanes) is 6. The van der Waals surface area contributed by atoms with E-state index in [4.69, 9.17) is 0 Å². The molecule has 1 aromatic carbocycles. The van der Waals surface area contributed by atoms with Crippen molar-refractivity contribution in [2.75, 3.05) is 0 Å². The van der Waals surface area contributed by atoms with Crippen molar-refractivity contribution in [1.82, 2.24) is 0 Å². The first kappa shape index (κ1) is 18.3. The summed E-state index contributed by atoms with van der Waals surface area (Å²) in [6.07, 6.45) is 19.4. The van der Waals surface area contributed by atoms with E-state index in [1.807, 2.05) is 36.4 Å². The molecule has 0 atom stereocenters. The van der Waals surface area contributed by atoms with Gasteiger partial charge in [0, 0.05) is 0 Å². The van der Waals surface area contributed by atoms with Gasteiger partial charge in [0.15, 0.2) is 0 Å². The van der Waals surface area contributed by atoms with E-state index in [-0.39, 0.29) is 0 Å². The fourth-order valence-electron chi connectivity index (χ4n) is 3.25. The molecule has 0 radical (unpaired) electrons. The van der Waals surface area contributed by atoms with Gasteiger partial charge in [-0.25, -0.2) is 0 Å². The van der Waals surface area contributed by atoms with Crippen molar-refractivity contribution in [3.63, 3.8) is 0 Å². The molecule has 0 bridgehead atoms. The largest absolute Gasteiger partial charge is 0.0654 e. The predicted molar refractivity (Wildman–Crippen MR) is 95.6 cm³/mol. The van der Waals surface area contributed by atoms with E-state index in [1.54, 1.807) is 0 Å². The van der Waals surface area contributed by atoms with Gasteiger partial charge < -0.3 is 0 Å². The van der Waals surface area contributed by atoms with Gasteiger partial charge in [-0.2, -0.15) is 0 Å². The fourth-order valence-corrected chi connectivity index (χ4v) is 3.25. The quantitative estimate of drug-likeness (QED) is 0.437. The molecule has 1 saturated carbocycles. The van der Waals surface area contributed by atoms with Gasteiger partial charge in [-0.1, -0.05) is 127 Å². The molecule has 1 fully saturated rings. The molecule has 0 aromatic heterocycles. The van der Waals surface area contributed by atoms with Crippen molar-refractivity contribution in [2.24, 2.45) is 5.92 Å². The van der Waals surface area contributed by atoms with Crippen LogP contribution in [0.2, 0.25) is 0 Å². The van der Waals surface area contributed by atoms with Crippen LogP contribution in [0, 0.1) is 5.92 Å². The lowest BCUT2D eigenvalue weighted by atomic mass is 9.85. The average molecular weight is 289 g/mol. The summed E-state index contributed by atoms with van der Waals surface area (Å²) < 4.78 is 0. The normalized spacial score (nSPS) is 15.3. The average Bonchev–Trinajstić information content (AvgIpc) is 2.57. The molecule has 0 spiro atoms. The lowest BCUT2D eigenvalue weighted by molar-refractivity contribution is 0.328. The van der Waals surface area contributed by atoms with E-state index >= 15 is 0 Å².